The maximum atomic E-state index is 13.4. The molecule has 0 bridgehead atoms. The van der Waals surface area contributed by atoms with Crippen molar-refractivity contribution in [2.75, 3.05) is 5.32 Å². The van der Waals surface area contributed by atoms with E-state index in [1.54, 1.807) is 5.38 Å². The van der Waals surface area contributed by atoms with Crippen molar-refractivity contribution in [3.63, 3.8) is 0 Å². The number of nitrogens with one attached hydrogen (secondary N) is 3. The van der Waals surface area contributed by atoms with Crippen LogP contribution in [-0.2, 0) is 6.18 Å². The van der Waals surface area contributed by atoms with Crippen LogP contribution in [-0.4, -0.2) is 15.9 Å². The second kappa shape index (κ2) is 5.98. The number of aromatic nitrogens is 2. The molecule has 27 heavy (non-hydrogen) atoms. The first-order valence-corrected chi connectivity index (χ1v) is 8.73. The molecule has 1 aromatic carbocycles. The van der Waals surface area contributed by atoms with Gasteiger partial charge in [-0.25, -0.2) is 0 Å². The van der Waals surface area contributed by atoms with E-state index >= 15 is 0 Å². The summed E-state index contributed by atoms with van der Waals surface area (Å²) >= 11 is 1.18. The van der Waals surface area contributed by atoms with Crippen LogP contribution in [0.2, 0.25) is 0 Å². The number of halogens is 3. The van der Waals surface area contributed by atoms with Crippen molar-refractivity contribution < 1.29 is 19.4 Å². The number of rotatable bonds is 2. The molecule has 3 N–H and O–H groups in total. The summed E-state index contributed by atoms with van der Waals surface area (Å²) < 4.78 is 40.6. The Bertz CT molecular complexity index is 1260. The molecule has 3 aromatic heterocycles. The first kappa shape index (κ1) is 17.3. The van der Waals surface area contributed by atoms with Crippen LogP contribution in [0.15, 0.2) is 40.8 Å². The molecular weight excluding hydrogens is 379 g/mol. The van der Waals surface area contributed by atoms with Crippen LogP contribution in [0.3, 0.4) is 0 Å². The second-order valence-corrected chi connectivity index (χ2v) is 6.95. The van der Waals surface area contributed by atoms with Crippen LogP contribution >= 0.6 is 11.3 Å². The lowest BCUT2D eigenvalue weighted by molar-refractivity contribution is -0.136. The van der Waals surface area contributed by atoms with Crippen LogP contribution in [0.4, 0.5) is 18.9 Å². The quantitative estimate of drug-likeness (QED) is 0.453. The number of pyridine rings is 1. The number of carbonyl (C=O) groups excluding carboxylic acids is 1. The summed E-state index contributed by atoms with van der Waals surface area (Å²) in [5, 5.41) is 4.37. The first-order valence-electron chi connectivity index (χ1n) is 7.85. The lowest BCUT2D eigenvalue weighted by Crippen LogP contribution is -2.23. The van der Waals surface area contributed by atoms with Gasteiger partial charge in [0.15, 0.2) is 0 Å². The number of aromatic amines is 2. The number of H-pyrrole nitrogens is 2. The van der Waals surface area contributed by atoms with Gasteiger partial charge in [-0.3, -0.25) is 9.59 Å². The third-order valence-corrected chi connectivity index (χ3v) is 5.37. The zero-order valence-corrected chi connectivity index (χ0v) is 14.6. The predicted octanol–water partition coefficient (Wildman–Crippen LogP) is 4.90. The molecule has 0 fully saturated rings. The van der Waals surface area contributed by atoms with Crippen LogP contribution in [0.5, 0.6) is 0 Å². The predicted molar refractivity (Wildman–Crippen MR) is 101 cm³/mol. The standard InChI is InChI=1S/C18H12F3N3O2S.H2/c1-8-7-27-16-14(8)23-6-10(15(16)25)17(26)24-13-5-12-9(2-3-22-12)4-11(13)18(19,20)21;/h2-7,22H,1H3,(H,23,25)(H,24,26);1H. The van der Waals surface area contributed by atoms with Crippen molar-refractivity contribution in [1.29, 1.82) is 0 Å². The fourth-order valence-electron chi connectivity index (χ4n) is 2.92. The van der Waals surface area contributed by atoms with Gasteiger partial charge in [-0.2, -0.15) is 13.2 Å². The molecule has 3 heterocycles. The van der Waals surface area contributed by atoms with Gasteiger partial charge in [-0.05, 0) is 36.1 Å². The Kier molecular flexibility index (Phi) is 3.84. The molecule has 1 amide bonds. The lowest BCUT2D eigenvalue weighted by atomic mass is 10.1. The van der Waals surface area contributed by atoms with Crippen molar-refractivity contribution >= 4 is 44.1 Å². The van der Waals surface area contributed by atoms with Crippen molar-refractivity contribution in [3.8, 4) is 0 Å². The van der Waals surface area contributed by atoms with E-state index in [1.807, 2.05) is 6.92 Å². The summed E-state index contributed by atoms with van der Waals surface area (Å²) in [7, 11) is 0. The molecule has 0 aliphatic heterocycles. The molecule has 0 aliphatic rings. The maximum absolute atomic E-state index is 13.4. The highest BCUT2D eigenvalue weighted by Crippen LogP contribution is 2.37. The number of anilines is 1. The molecule has 0 saturated carbocycles. The Morgan fingerprint density at radius 3 is 2.78 bits per heavy atom. The van der Waals surface area contributed by atoms with Gasteiger partial charge >= 0.3 is 6.18 Å². The molecule has 4 rings (SSSR count). The van der Waals surface area contributed by atoms with Crippen LogP contribution in [0, 0.1) is 6.92 Å². The van der Waals surface area contributed by atoms with Crippen LogP contribution in [0.1, 0.15) is 22.9 Å². The van der Waals surface area contributed by atoms with E-state index in [2.05, 4.69) is 15.3 Å². The average Bonchev–Trinajstić information content (AvgIpc) is 3.20. The Labute approximate surface area is 155 Å². The molecule has 0 saturated heterocycles. The van der Waals surface area contributed by atoms with E-state index in [1.165, 1.54) is 35.9 Å². The topological polar surface area (TPSA) is 77.8 Å². The van der Waals surface area contributed by atoms with Gasteiger partial charge in [0.2, 0.25) is 5.43 Å². The van der Waals surface area contributed by atoms with E-state index in [-0.39, 0.29) is 6.99 Å². The smallest absolute Gasteiger partial charge is 0.361 e. The molecule has 140 valence electrons. The van der Waals surface area contributed by atoms with Gasteiger partial charge < -0.3 is 15.3 Å². The molecule has 9 heteroatoms. The van der Waals surface area contributed by atoms with Crippen LogP contribution in [0.25, 0.3) is 21.1 Å². The number of amides is 1. The number of carbonyl (C=O) groups is 1. The largest absolute Gasteiger partial charge is 0.418 e. The van der Waals surface area contributed by atoms with Gasteiger partial charge in [0.1, 0.15) is 5.56 Å². The van der Waals surface area contributed by atoms with Gasteiger partial charge in [0.05, 0.1) is 21.5 Å². The number of alkyl halides is 3. The second-order valence-electron chi connectivity index (χ2n) is 6.07. The van der Waals surface area contributed by atoms with Gasteiger partial charge in [-0.1, -0.05) is 0 Å². The van der Waals surface area contributed by atoms with Crippen molar-refractivity contribution in [2.24, 2.45) is 0 Å². The lowest BCUT2D eigenvalue weighted by Gasteiger charge is -2.14. The minimum absolute atomic E-state index is 0. The summed E-state index contributed by atoms with van der Waals surface area (Å²) in [6.07, 6.45) is -1.93. The molecule has 0 radical (unpaired) electrons. The van der Waals surface area contributed by atoms with Crippen molar-refractivity contribution in [3.05, 3.63) is 62.9 Å². The molecule has 4 aromatic rings. The number of hydrogen-bond acceptors (Lipinski definition) is 3. The molecule has 0 unspecified atom stereocenters. The highest BCUT2D eigenvalue weighted by atomic mass is 32.1. The maximum Gasteiger partial charge on any atom is 0.418 e. The molecule has 0 spiro atoms. The summed E-state index contributed by atoms with van der Waals surface area (Å²) in [6, 6.07) is 3.67. The number of aryl methyl sites for hydroxylation is 1. The molecule has 0 atom stereocenters. The first-order chi connectivity index (χ1) is 12.8. The molecule has 5 nitrogen and oxygen atoms in total. The minimum atomic E-state index is -4.66. The summed E-state index contributed by atoms with van der Waals surface area (Å²) in [6.45, 7) is 1.82. The third kappa shape index (κ3) is 2.89. The minimum Gasteiger partial charge on any atom is -0.361 e. The van der Waals surface area contributed by atoms with Crippen LogP contribution < -0.4 is 10.7 Å². The normalized spacial score (nSPS) is 12.0. The Morgan fingerprint density at radius 2 is 2.04 bits per heavy atom. The summed E-state index contributed by atoms with van der Waals surface area (Å²) in [5.74, 6) is -0.902. The fraction of sp³-hybridized carbons (Fsp3) is 0.111. The monoisotopic (exact) mass is 393 g/mol. The van der Waals surface area contributed by atoms with Crippen molar-refractivity contribution in [2.45, 2.75) is 13.1 Å². The molecule has 0 aliphatic carbocycles. The number of hydrogen-bond donors (Lipinski definition) is 3. The van der Waals surface area contributed by atoms with E-state index < -0.39 is 28.8 Å². The zero-order valence-electron chi connectivity index (χ0n) is 13.8. The average molecular weight is 393 g/mol. The van der Waals surface area contributed by atoms with Crippen molar-refractivity contribution in [1.82, 2.24) is 9.97 Å². The molecular formula is C18H14F3N3O2S. The number of fused-ring (bicyclic) bond motifs is 2. The number of thiophene rings is 1. The Hall–Kier alpha value is -3.07. The fourth-order valence-corrected chi connectivity index (χ4v) is 3.89. The van der Waals surface area contributed by atoms with E-state index in [4.69, 9.17) is 0 Å². The number of benzene rings is 1. The van der Waals surface area contributed by atoms with E-state index in [0.717, 1.165) is 11.6 Å². The third-order valence-electron chi connectivity index (χ3n) is 4.28. The SMILES string of the molecule is Cc1csc2c(=O)c(C(=O)Nc3cc4[nH]ccc4cc3C(F)(F)F)c[nH]c12.[HH]. The Morgan fingerprint density at radius 1 is 1.26 bits per heavy atom. The zero-order chi connectivity index (χ0) is 19.3. The highest BCUT2D eigenvalue weighted by molar-refractivity contribution is 7.17. The Balaban J connectivity index is 0.00000225. The van der Waals surface area contributed by atoms with Gasteiger partial charge in [0.25, 0.3) is 5.91 Å². The van der Waals surface area contributed by atoms with Gasteiger partial charge in [-0.15, -0.1) is 11.3 Å². The summed E-state index contributed by atoms with van der Waals surface area (Å²) in [4.78, 5) is 30.7. The summed E-state index contributed by atoms with van der Waals surface area (Å²) in [5.41, 5.74) is -0.243. The van der Waals surface area contributed by atoms with E-state index in [9.17, 15) is 22.8 Å². The van der Waals surface area contributed by atoms with Gasteiger partial charge in [0, 0.05) is 24.7 Å². The highest BCUT2D eigenvalue weighted by Gasteiger charge is 2.34. The van der Waals surface area contributed by atoms with E-state index in [0.29, 0.717) is 21.1 Å².